The summed E-state index contributed by atoms with van der Waals surface area (Å²) in [7, 11) is 6.69. The third-order valence-corrected chi connectivity index (χ3v) is 3.06. The van der Waals surface area contributed by atoms with Crippen molar-refractivity contribution in [3.05, 3.63) is 22.6 Å². The van der Waals surface area contributed by atoms with E-state index < -0.39 is 0 Å². The molecule has 0 amide bonds. The Morgan fingerprint density at radius 2 is 1.19 bits per heavy atom. The third kappa shape index (κ3) is 5.07. The number of quaternary nitrogens is 2. The third-order valence-electron chi connectivity index (χ3n) is 3.06. The van der Waals surface area contributed by atoms with Gasteiger partial charge in [0, 0.05) is 11.8 Å². The second-order valence-corrected chi connectivity index (χ2v) is 5.98. The monoisotopic (exact) mass is 228 g/mol. The van der Waals surface area contributed by atoms with Crippen LogP contribution in [0.4, 0.5) is 0 Å². The molecule has 0 aromatic rings. The summed E-state index contributed by atoms with van der Waals surface area (Å²) in [6, 6.07) is 0. The fraction of sp³-hybridized carbons (Fsp3) is 0.833. The lowest BCUT2D eigenvalue weighted by atomic mass is 9.82. The topological polar surface area (TPSA) is 46.1 Å². The highest BCUT2D eigenvalue weighted by atomic mass is 16.5. The van der Waals surface area contributed by atoms with Crippen LogP contribution in [0.5, 0.6) is 0 Å². The van der Waals surface area contributed by atoms with E-state index in [9.17, 15) is 10.4 Å². The Labute approximate surface area is 98.5 Å². The lowest BCUT2D eigenvalue weighted by Gasteiger charge is -2.43. The molecule has 0 saturated heterocycles. The van der Waals surface area contributed by atoms with Crippen LogP contribution in [0.25, 0.3) is 0 Å². The van der Waals surface area contributed by atoms with Gasteiger partial charge in [-0.25, -0.2) is 0 Å². The van der Waals surface area contributed by atoms with Gasteiger partial charge in [-0.2, -0.15) is 0 Å². The molecule has 0 spiro atoms. The second-order valence-electron chi connectivity index (χ2n) is 5.98. The molecule has 0 aromatic heterocycles. The number of hydrogen-bond donors (Lipinski definition) is 0. The minimum Gasteiger partial charge on any atom is -0.633 e. The first-order valence-corrected chi connectivity index (χ1v) is 5.90. The zero-order valence-electron chi connectivity index (χ0n) is 10.8. The van der Waals surface area contributed by atoms with Crippen molar-refractivity contribution in [1.82, 2.24) is 0 Å². The van der Waals surface area contributed by atoms with E-state index in [0.717, 1.165) is 12.8 Å². The van der Waals surface area contributed by atoms with Crippen LogP contribution < -0.4 is 0 Å². The summed E-state index contributed by atoms with van der Waals surface area (Å²) in [6.07, 6.45) is 6.16. The number of nitrogens with zero attached hydrogens (tertiary/aromatic N) is 2. The molecule has 1 aliphatic carbocycles. The van der Waals surface area contributed by atoms with Gasteiger partial charge in [-0.15, -0.1) is 0 Å². The summed E-state index contributed by atoms with van der Waals surface area (Å²) < 4.78 is -0.525. The van der Waals surface area contributed by atoms with E-state index in [1.165, 1.54) is 0 Å². The Bertz CT molecular complexity index is 225. The van der Waals surface area contributed by atoms with Crippen molar-refractivity contribution in [1.29, 1.82) is 0 Å². The van der Waals surface area contributed by atoms with E-state index in [-0.39, 0.29) is 9.29 Å². The van der Waals surface area contributed by atoms with Gasteiger partial charge < -0.3 is 19.7 Å². The van der Waals surface area contributed by atoms with Gasteiger partial charge in [0.05, 0.1) is 41.3 Å². The van der Waals surface area contributed by atoms with Gasteiger partial charge in [-0.05, 0) is 12.8 Å². The van der Waals surface area contributed by atoms with E-state index >= 15 is 0 Å². The van der Waals surface area contributed by atoms with Crippen molar-refractivity contribution >= 4 is 0 Å². The predicted molar refractivity (Wildman–Crippen MR) is 66.0 cm³/mol. The number of hydroxylamine groups is 6. The van der Waals surface area contributed by atoms with Gasteiger partial charge in [0.15, 0.2) is 0 Å². The standard InChI is InChI=1S/C12H24N2O2/c1-13(2,15)9-11-7-5-6-8-12(11)10-14(3,4)16/h5-6,11-12H,7-10H2,1-4H3. The average molecular weight is 228 g/mol. The fourth-order valence-corrected chi connectivity index (χ4v) is 2.50. The first-order chi connectivity index (χ1) is 7.17. The summed E-state index contributed by atoms with van der Waals surface area (Å²) in [4.78, 5) is 0. The average Bonchev–Trinajstić information content (AvgIpc) is 2.03. The molecule has 16 heavy (non-hydrogen) atoms. The molecule has 0 heterocycles. The van der Waals surface area contributed by atoms with Gasteiger partial charge in [0.25, 0.3) is 0 Å². The highest BCUT2D eigenvalue weighted by Gasteiger charge is 2.29. The fourth-order valence-electron chi connectivity index (χ4n) is 2.50. The lowest BCUT2D eigenvalue weighted by molar-refractivity contribution is -0.853. The first-order valence-electron chi connectivity index (χ1n) is 5.90. The number of rotatable bonds is 4. The Balaban J connectivity index is 2.62. The van der Waals surface area contributed by atoms with E-state index in [2.05, 4.69) is 12.2 Å². The molecule has 0 aromatic carbocycles. The molecule has 0 saturated carbocycles. The maximum atomic E-state index is 11.7. The maximum absolute atomic E-state index is 11.7. The van der Waals surface area contributed by atoms with Crippen molar-refractivity contribution in [2.75, 3.05) is 41.3 Å². The van der Waals surface area contributed by atoms with Crippen LogP contribution in [0.1, 0.15) is 12.8 Å². The van der Waals surface area contributed by atoms with Crippen molar-refractivity contribution < 1.29 is 9.29 Å². The molecule has 2 unspecified atom stereocenters. The highest BCUT2D eigenvalue weighted by Crippen LogP contribution is 2.28. The molecule has 0 bridgehead atoms. The van der Waals surface area contributed by atoms with Gasteiger partial charge in [-0.3, -0.25) is 0 Å². The molecule has 94 valence electrons. The molecule has 1 rings (SSSR count). The van der Waals surface area contributed by atoms with E-state index in [1.54, 1.807) is 28.2 Å². The molecule has 2 atom stereocenters. The van der Waals surface area contributed by atoms with Gasteiger partial charge in [0.1, 0.15) is 0 Å². The lowest BCUT2D eigenvalue weighted by Crippen LogP contribution is -2.45. The van der Waals surface area contributed by atoms with E-state index in [1.807, 2.05) is 0 Å². The second kappa shape index (κ2) is 4.84. The van der Waals surface area contributed by atoms with E-state index in [0.29, 0.717) is 24.9 Å². The summed E-state index contributed by atoms with van der Waals surface area (Å²) in [6.45, 7) is 1.21. The quantitative estimate of drug-likeness (QED) is 0.418. The molecule has 4 nitrogen and oxygen atoms in total. The predicted octanol–water partition coefficient (Wildman–Crippen LogP) is 1.72. The van der Waals surface area contributed by atoms with Crippen LogP contribution >= 0.6 is 0 Å². The van der Waals surface area contributed by atoms with Crippen molar-refractivity contribution in [3.63, 3.8) is 0 Å². The van der Waals surface area contributed by atoms with Crippen molar-refractivity contribution in [2.45, 2.75) is 12.8 Å². The van der Waals surface area contributed by atoms with Gasteiger partial charge >= 0.3 is 0 Å². The minimum absolute atomic E-state index is 0.263. The Hall–Kier alpha value is -0.420. The van der Waals surface area contributed by atoms with Crippen LogP contribution in [0.15, 0.2) is 12.2 Å². The Morgan fingerprint density at radius 3 is 1.44 bits per heavy atom. The van der Waals surface area contributed by atoms with Crippen LogP contribution in [0.2, 0.25) is 0 Å². The molecule has 0 radical (unpaired) electrons. The molecule has 0 aliphatic heterocycles. The van der Waals surface area contributed by atoms with Gasteiger partial charge in [0.2, 0.25) is 0 Å². The normalized spacial score (nSPS) is 27.1. The zero-order chi connectivity index (χ0) is 12.4. The molecular formula is C12H24N2O2. The summed E-state index contributed by atoms with van der Waals surface area (Å²) in [5.41, 5.74) is 0. The van der Waals surface area contributed by atoms with Crippen LogP contribution in [0.3, 0.4) is 0 Å². The molecule has 0 fully saturated rings. The minimum atomic E-state index is -0.263. The van der Waals surface area contributed by atoms with E-state index in [4.69, 9.17) is 0 Å². The molecular weight excluding hydrogens is 204 g/mol. The first kappa shape index (κ1) is 13.6. The largest absolute Gasteiger partial charge is 0.633 e. The highest BCUT2D eigenvalue weighted by molar-refractivity contribution is 4.94. The number of allylic oxidation sites excluding steroid dienone is 2. The van der Waals surface area contributed by atoms with Crippen LogP contribution in [-0.2, 0) is 0 Å². The molecule has 4 heteroatoms. The Morgan fingerprint density at radius 1 is 0.875 bits per heavy atom. The summed E-state index contributed by atoms with van der Waals surface area (Å²) in [5.74, 6) is 0.702. The summed E-state index contributed by atoms with van der Waals surface area (Å²) in [5, 5.41) is 23.4. The zero-order valence-corrected chi connectivity index (χ0v) is 10.8. The van der Waals surface area contributed by atoms with Crippen LogP contribution in [0, 0.1) is 22.3 Å². The van der Waals surface area contributed by atoms with Crippen molar-refractivity contribution in [3.8, 4) is 0 Å². The smallest absolute Gasteiger partial charge is 0.0816 e. The number of hydrogen-bond acceptors (Lipinski definition) is 2. The molecule has 0 N–H and O–H groups in total. The van der Waals surface area contributed by atoms with Gasteiger partial charge in [-0.1, -0.05) is 12.2 Å². The maximum Gasteiger partial charge on any atom is 0.0816 e. The molecule has 1 aliphatic rings. The van der Waals surface area contributed by atoms with Crippen LogP contribution in [-0.4, -0.2) is 50.6 Å². The Kier molecular flexibility index (Phi) is 4.12. The SMILES string of the molecule is C[N+](C)([O-])CC1CC=CCC1C[N+](C)(C)[O-]. The summed E-state index contributed by atoms with van der Waals surface area (Å²) >= 11 is 0. The van der Waals surface area contributed by atoms with Crippen molar-refractivity contribution in [2.24, 2.45) is 11.8 Å².